The lowest BCUT2D eigenvalue weighted by Gasteiger charge is -2.07. The molecule has 0 saturated heterocycles. The summed E-state index contributed by atoms with van der Waals surface area (Å²) >= 11 is 12.4. The Bertz CT molecular complexity index is 1170. The third-order valence-corrected chi connectivity index (χ3v) is 4.86. The number of rotatable bonds is 4. The molecule has 3 N–H and O–H groups in total. The summed E-state index contributed by atoms with van der Waals surface area (Å²) in [5.41, 5.74) is 4.38. The number of aromatic nitrogens is 2. The van der Waals surface area contributed by atoms with Gasteiger partial charge in [-0.05, 0) is 55.0 Å². The number of carbonyl (C=O) groups is 1. The summed E-state index contributed by atoms with van der Waals surface area (Å²) in [6.07, 6.45) is 0. The Hall–Kier alpha value is -3.02. The molecule has 28 heavy (non-hydrogen) atoms. The van der Waals surface area contributed by atoms with E-state index < -0.39 is 0 Å². The molecule has 1 aromatic heterocycles. The third-order valence-electron chi connectivity index (χ3n) is 4.23. The SMILES string of the molecule is Cc1cccc(NC(=O)c2ccc3nc(Nc4c(Cl)cccc4Cl)[nH]c3c2)c1. The van der Waals surface area contributed by atoms with Gasteiger partial charge < -0.3 is 15.6 Å². The second-order valence-corrected chi connectivity index (χ2v) is 7.18. The van der Waals surface area contributed by atoms with Crippen LogP contribution in [0.2, 0.25) is 10.0 Å². The fraction of sp³-hybridized carbons (Fsp3) is 0.0476. The molecular weight excluding hydrogens is 395 g/mol. The Kier molecular flexibility index (Phi) is 4.94. The maximum Gasteiger partial charge on any atom is 0.255 e. The Balaban J connectivity index is 1.58. The van der Waals surface area contributed by atoms with Gasteiger partial charge in [0.1, 0.15) is 0 Å². The molecule has 1 heterocycles. The van der Waals surface area contributed by atoms with Crippen LogP contribution in [0.5, 0.6) is 0 Å². The maximum absolute atomic E-state index is 12.6. The summed E-state index contributed by atoms with van der Waals surface area (Å²) in [6.45, 7) is 1.98. The van der Waals surface area contributed by atoms with Gasteiger partial charge in [0, 0.05) is 11.3 Å². The molecule has 4 aromatic rings. The molecule has 7 heteroatoms. The molecule has 0 spiro atoms. The van der Waals surface area contributed by atoms with Gasteiger partial charge in [0.15, 0.2) is 0 Å². The van der Waals surface area contributed by atoms with E-state index in [9.17, 15) is 4.79 Å². The van der Waals surface area contributed by atoms with Gasteiger partial charge in [0.05, 0.1) is 26.8 Å². The minimum absolute atomic E-state index is 0.189. The fourth-order valence-corrected chi connectivity index (χ4v) is 3.36. The van der Waals surface area contributed by atoms with Crippen molar-refractivity contribution >= 4 is 57.5 Å². The van der Waals surface area contributed by atoms with Crippen molar-refractivity contribution < 1.29 is 4.79 Å². The van der Waals surface area contributed by atoms with E-state index in [1.165, 1.54) is 0 Å². The zero-order chi connectivity index (χ0) is 19.7. The number of nitrogens with one attached hydrogen (secondary N) is 3. The van der Waals surface area contributed by atoms with Gasteiger partial charge in [0.25, 0.3) is 5.91 Å². The average molecular weight is 411 g/mol. The molecule has 0 fully saturated rings. The van der Waals surface area contributed by atoms with Crippen molar-refractivity contribution in [1.82, 2.24) is 9.97 Å². The lowest BCUT2D eigenvalue weighted by molar-refractivity contribution is 0.102. The zero-order valence-electron chi connectivity index (χ0n) is 14.9. The van der Waals surface area contributed by atoms with Crippen LogP contribution in [0.1, 0.15) is 15.9 Å². The monoisotopic (exact) mass is 410 g/mol. The molecule has 0 radical (unpaired) electrons. The van der Waals surface area contributed by atoms with Crippen molar-refractivity contribution in [3.8, 4) is 0 Å². The number of anilines is 3. The largest absolute Gasteiger partial charge is 0.324 e. The number of para-hydroxylation sites is 1. The average Bonchev–Trinajstić information content (AvgIpc) is 3.06. The predicted molar refractivity (Wildman–Crippen MR) is 115 cm³/mol. The van der Waals surface area contributed by atoms with Gasteiger partial charge in [-0.2, -0.15) is 0 Å². The van der Waals surface area contributed by atoms with Crippen LogP contribution in [-0.4, -0.2) is 15.9 Å². The number of amides is 1. The predicted octanol–water partition coefficient (Wildman–Crippen LogP) is 6.17. The molecule has 0 saturated carbocycles. The number of carbonyl (C=O) groups excluding carboxylic acids is 1. The van der Waals surface area contributed by atoms with Gasteiger partial charge in [0.2, 0.25) is 5.95 Å². The molecule has 1 amide bonds. The lowest BCUT2D eigenvalue weighted by Crippen LogP contribution is -2.11. The van der Waals surface area contributed by atoms with E-state index in [2.05, 4.69) is 20.6 Å². The van der Waals surface area contributed by atoms with Crippen LogP contribution < -0.4 is 10.6 Å². The number of benzene rings is 3. The van der Waals surface area contributed by atoms with Gasteiger partial charge >= 0.3 is 0 Å². The van der Waals surface area contributed by atoms with Gasteiger partial charge in [-0.25, -0.2) is 4.98 Å². The Labute approximate surface area is 171 Å². The standard InChI is InChI=1S/C21H16Cl2N4O/c1-12-4-2-5-14(10-12)24-20(28)13-8-9-17-18(11-13)26-21(25-17)27-19-15(22)6-3-7-16(19)23/h2-11H,1H3,(H,24,28)(H2,25,26,27). The number of nitrogens with zero attached hydrogens (tertiary/aromatic N) is 1. The van der Waals surface area contributed by atoms with Crippen molar-refractivity contribution in [2.24, 2.45) is 0 Å². The van der Waals surface area contributed by atoms with E-state index in [-0.39, 0.29) is 5.91 Å². The Morgan fingerprint density at radius 3 is 2.50 bits per heavy atom. The molecule has 140 valence electrons. The lowest BCUT2D eigenvalue weighted by atomic mass is 10.1. The third kappa shape index (κ3) is 3.81. The number of hydrogen-bond acceptors (Lipinski definition) is 3. The number of H-pyrrole nitrogens is 1. The van der Waals surface area contributed by atoms with Crippen molar-refractivity contribution in [3.63, 3.8) is 0 Å². The minimum Gasteiger partial charge on any atom is -0.324 e. The van der Waals surface area contributed by atoms with Crippen LogP contribution in [-0.2, 0) is 0 Å². The van der Waals surface area contributed by atoms with E-state index in [0.29, 0.717) is 27.2 Å². The summed E-state index contributed by atoms with van der Waals surface area (Å²) < 4.78 is 0. The topological polar surface area (TPSA) is 69.8 Å². The molecule has 5 nitrogen and oxygen atoms in total. The van der Waals surface area contributed by atoms with Crippen LogP contribution in [0, 0.1) is 6.92 Å². The van der Waals surface area contributed by atoms with Crippen LogP contribution in [0.3, 0.4) is 0 Å². The molecule has 0 unspecified atom stereocenters. The Morgan fingerprint density at radius 1 is 1.00 bits per heavy atom. The molecular formula is C21H16Cl2N4O. The van der Waals surface area contributed by atoms with E-state index in [1.54, 1.807) is 36.4 Å². The summed E-state index contributed by atoms with van der Waals surface area (Å²) in [6, 6.07) is 18.2. The van der Waals surface area contributed by atoms with Crippen LogP contribution in [0.4, 0.5) is 17.3 Å². The zero-order valence-corrected chi connectivity index (χ0v) is 16.4. The molecule has 0 bridgehead atoms. The summed E-state index contributed by atoms with van der Waals surface area (Å²) in [7, 11) is 0. The number of imidazole rings is 1. The molecule has 3 aromatic carbocycles. The highest BCUT2D eigenvalue weighted by atomic mass is 35.5. The second kappa shape index (κ2) is 7.54. The number of aryl methyl sites for hydroxylation is 1. The first-order chi connectivity index (χ1) is 13.5. The quantitative estimate of drug-likeness (QED) is 0.376. The van der Waals surface area contributed by atoms with Crippen LogP contribution in [0.15, 0.2) is 60.7 Å². The van der Waals surface area contributed by atoms with E-state index in [4.69, 9.17) is 23.2 Å². The van der Waals surface area contributed by atoms with Gasteiger partial charge in [-0.3, -0.25) is 4.79 Å². The molecule has 0 aliphatic heterocycles. The van der Waals surface area contributed by atoms with E-state index >= 15 is 0 Å². The molecule has 0 aliphatic rings. The van der Waals surface area contributed by atoms with Crippen LogP contribution in [0.25, 0.3) is 11.0 Å². The molecule has 4 rings (SSSR count). The first-order valence-electron chi connectivity index (χ1n) is 8.58. The summed E-state index contributed by atoms with van der Waals surface area (Å²) in [4.78, 5) is 20.2. The van der Waals surface area contributed by atoms with E-state index in [1.807, 2.05) is 31.2 Å². The van der Waals surface area contributed by atoms with E-state index in [0.717, 1.165) is 22.3 Å². The van der Waals surface area contributed by atoms with Crippen molar-refractivity contribution in [1.29, 1.82) is 0 Å². The number of hydrogen-bond donors (Lipinski definition) is 3. The highest BCUT2D eigenvalue weighted by Crippen LogP contribution is 2.32. The highest BCUT2D eigenvalue weighted by Gasteiger charge is 2.12. The number of aromatic amines is 1. The first kappa shape index (κ1) is 18.3. The summed E-state index contributed by atoms with van der Waals surface area (Å²) in [5, 5.41) is 6.98. The van der Waals surface area contributed by atoms with Crippen molar-refractivity contribution in [2.45, 2.75) is 6.92 Å². The summed E-state index contributed by atoms with van der Waals surface area (Å²) in [5.74, 6) is 0.298. The van der Waals surface area contributed by atoms with Crippen LogP contribution >= 0.6 is 23.2 Å². The second-order valence-electron chi connectivity index (χ2n) is 6.36. The number of halogens is 2. The smallest absolute Gasteiger partial charge is 0.255 e. The Morgan fingerprint density at radius 2 is 1.75 bits per heavy atom. The van der Waals surface area contributed by atoms with Crippen molar-refractivity contribution in [3.05, 3.63) is 81.8 Å². The molecule has 0 aliphatic carbocycles. The maximum atomic E-state index is 12.6. The first-order valence-corrected chi connectivity index (χ1v) is 9.34. The highest BCUT2D eigenvalue weighted by molar-refractivity contribution is 6.39. The van der Waals surface area contributed by atoms with Gasteiger partial charge in [-0.1, -0.05) is 41.4 Å². The number of fused-ring (bicyclic) bond motifs is 1. The minimum atomic E-state index is -0.189. The van der Waals surface area contributed by atoms with Gasteiger partial charge in [-0.15, -0.1) is 0 Å². The molecule has 0 atom stereocenters. The fourth-order valence-electron chi connectivity index (χ4n) is 2.87. The normalized spacial score (nSPS) is 10.8. The van der Waals surface area contributed by atoms with Crippen molar-refractivity contribution in [2.75, 3.05) is 10.6 Å².